The van der Waals surface area contributed by atoms with Gasteiger partial charge in [0, 0.05) is 31.2 Å². The first-order valence-corrected chi connectivity index (χ1v) is 9.19. The van der Waals surface area contributed by atoms with Crippen LogP contribution in [0.3, 0.4) is 0 Å². The summed E-state index contributed by atoms with van der Waals surface area (Å²) in [5.41, 5.74) is 1.74. The second-order valence-corrected chi connectivity index (χ2v) is 6.85. The summed E-state index contributed by atoms with van der Waals surface area (Å²) in [6.45, 7) is 4.26. The van der Waals surface area contributed by atoms with Gasteiger partial charge in [-0.2, -0.15) is 13.2 Å². The maximum atomic E-state index is 12.1. The third-order valence-electron chi connectivity index (χ3n) is 3.35. The molecule has 2 aromatic rings. The minimum Gasteiger partial charge on any atom is -0.468 e. The van der Waals surface area contributed by atoms with Crippen molar-refractivity contribution in [3.8, 4) is 5.88 Å². The van der Waals surface area contributed by atoms with Crippen LogP contribution in [0.15, 0.2) is 28.7 Å². The summed E-state index contributed by atoms with van der Waals surface area (Å²) in [6, 6.07) is 3.06. The van der Waals surface area contributed by atoms with E-state index in [1.807, 2.05) is 31.2 Å². The van der Waals surface area contributed by atoms with Crippen LogP contribution in [0.1, 0.15) is 23.2 Å². The smallest absolute Gasteiger partial charge is 0.422 e. The highest BCUT2D eigenvalue weighted by Crippen LogP contribution is 2.17. The topological polar surface area (TPSA) is 62.6 Å². The average molecular weight is 401 g/mol. The van der Waals surface area contributed by atoms with E-state index < -0.39 is 12.8 Å². The SMILES string of the molecule is CCNC(=NCc1ccc(OCC(F)(F)F)nc1)N(C)Cc1csc(C)n1. The first-order chi connectivity index (χ1) is 12.8. The molecule has 2 heterocycles. The van der Waals surface area contributed by atoms with Gasteiger partial charge in [-0.05, 0) is 19.4 Å². The van der Waals surface area contributed by atoms with Crippen LogP contribution >= 0.6 is 11.3 Å². The summed E-state index contributed by atoms with van der Waals surface area (Å²) in [6.07, 6.45) is -2.92. The summed E-state index contributed by atoms with van der Waals surface area (Å²) >= 11 is 1.60. The summed E-state index contributed by atoms with van der Waals surface area (Å²) in [4.78, 5) is 14.8. The minimum absolute atomic E-state index is 0.0667. The first kappa shape index (κ1) is 20.9. The van der Waals surface area contributed by atoms with Crippen molar-refractivity contribution in [3.05, 3.63) is 40.0 Å². The van der Waals surface area contributed by atoms with Gasteiger partial charge in [-0.3, -0.25) is 0 Å². The molecule has 0 aliphatic heterocycles. The lowest BCUT2D eigenvalue weighted by Gasteiger charge is -2.21. The van der Waals surface area contributed by atoms with Crippen LogP contribution < -0.4 is 10.1 Å². The van der Waals surface area contributed by atoms with Crippen LogP contribution in [0, 0.1) is 6.92 Å². The van der Waals surface area contributed by atoms with Crippen molar-refractivity contribution in [2.75, 3.05) is 20.2 Å². The molecule has 0 atom stereocenters. The Morgan fingerprint density at radius 1 is 1.37 bits per heavy atom. The number of thiazole rings is 1. The van der Waals surface area contributed by atoms with E-state index in [0.717, 1.165) is 16.3 Å². The van der Waals surface area contributed by atoms with Gasteiger partial charge in [0.05, 0.1) is 23.8 Å². The van der Waals surface area contributed by atoms with Crippen LogP contribution in [0.4, 0.5) is 13.2 Å². The van der Waals surface area contributed by atoms with E-state index in [-0.39, 0.29) is 5.88 Å². The highest BCUT2D eigenvalue weighted by molar-refractivity contribution is 7.09. The molecule has 0 bridgehead atoms. The van der Waals surface area contributed by atoms with Gasteiger partial charge in [-0.1, -0.05) is 6.07 Å². The van der Waals surface area contributed by atoms with Gasteiger partial charge in [0.1, 0.15) is 0 Å². The molecule has 0 spiro atoms. The summed E-state index contributed by atoms with van der Waals surface area (Å²) in [5, 5.41) is 6.24. The van der Waals surface area contributed by atoms with Crippen LogP contribution in [0.2, 0.25) is 0 Å². The molecule has 0 radical (unpaired) electrons. The second-order valence-electron chi connectivity index (χ2n) is 5.79. The van der Waals surface area contributed by atoms with E-state index in [1.165, 1.54) is 12.3 Å². The Balaban J connectivity index is 1.96. The van der Waals surface area contributed by atoms with E-state index >= 15 is 0 Å². The minimum atomic E-state index is -4.38. The quantitative estimate of drug-likeness (QED) is 0.569. The number of nitrogens with one attached hydrogen (secondary N) is 1. The lowest BCUT2D eigenvalue weighted by molar-refractivity contribution is -0.154. The number of hydrogen-bond acceptors (Lipinski definition) is 5. The van der Waals surface area contributed by atoms with Crippen LogP contribution in [-0.2, 0) is 13.1 Å². The van der Waals surface area contributed by atoms with Gasteiger partial charge in [0.15, 0.2) is 12.6 Å². The molecule has 0 aliphatic rings. The summed E-state index contributed by atoms with van der Waals surface area (Å²) in [7, 11) is 1.92. The number of aliphatic imine (C=N–C) groups is 1. The molecule has 0 saturated carbocycles. The van der Waals surface area contributed by atoms with Crippen molar-refractivity contribution in [2.24, 2.45) is 4.99 Å². The lowest BCUT2D eigenvalue weighted by Crippen LogP contribution is -2.38. The molecular formula is C17H22F3N5OS. The molecule has 1 N–H and O–H groups in total. The standard InChI is InChI=1S/C17H22F3N5OS/c1-4-21-16(25(3)9-14-10-27-12(2)24-14)23-8-13-5-6-15(22-7-13)26-11-17(18,19)20/h5-7,10H,4,8-9,11H2,1-3H3,(H,21,23). The Kier molecular flexibility index (Phi) is 7.40. The van der Waals surface area contributed by atoms with Crippen molar-refractivity contribution in [3.63, 3.8) is 0 Å². The third kappa shape index (κ3) is 7.41. The molecule has 0 saturated heterocycles. The fourth-order valence-corrected chi connectivity index (χ4v) is 2.78. The summed E-state index contributed by atoms with van der Waals surface area (Å²) in [5.74, 6) is 0.642. The zero-order valence-electron chi connectivity index (χ0n) is 15.4. The zero-order chi connectivity index (χ0) is 19.9. The van der Waals surface area contributed by atoms with Crippen molar-refractivity contribution in [1.29, 1.82) is 0 Å². The fraction of sp³-hybridized carbons (Fsp3) is 0.471. The first-order valence-electron chi connectivity index (χ1n) is 8.31. The molecule has 27 heavy (non-hydrogen) atoms. The highest BCUT2D eigenvalue weighted by Gasteiger charge is 2.28. The van der Waals surface area contributed by atoms with Crippen LogP contribution in [0.5, 0.6) is 5.88 Å². The number of hydrogen-bond donors (Lipinski definition) is 1. The number of rotatable bonds is 7. The number of aryl methyl sites for hydroxylation is 1. The highest BCUT2D eigenvalue weighted by atomic mass is 32.1. The normalized spacial score (nSPS) is 12.1. The van der Waals surface area contributed by atoms with Crippen molar-refractivity contribution in [1.82, 2.24) is 20.2 Å². The number of guanidine groups is 1. The molecule has 6 nitrogen and oxygen atoms in total. The van der Waals surface area contributed by atoms with E-state index in [1.54, 1.807) is 17.4 Å². The Bertz CT molecular complexity index is 746. The molecule has 0 unspecified atom stereocenters. The van der Waals surface area contributed by atoms with E-state index in [4.69, 9.17) is 0 Å². The summed E-state index contributed by atoms with van der Waals surface area (Å²) < 4.78 is 41.0. The molecule has 2 rings (SSSR count). The fourth-order valence-electron chi connectivity index (χ4n) is 2.18. The zero-order valence-corrected chi connectivity index (χ0v) is 16.2. The average Bonchev–Trinajstić information content (AvgIpc) is 3.01. The molecule has 0 aromatic carbocycles. The maximum Gasteiger partial charge on any atom is 0.422 e. The van der Waals surface area contributed by atoms with Crippen molar-refractivity contribution in [2.45, 2.75) is 33.1 Å². The van der Waals surface area contributed by atoms with Gasteiger partial charge in [-0.25, -0.2) is 15.0 Å². The molecular weight excluding hydrogens is 379 g/mol. The monoisotopic (exact) mass is 401 g/mol. The number of ether oxygens (including phenoxy) is 1. The number of halogens is 3. The van der Waals surface area contributed by atoms with Crippen molar-refractivity contribution >= 4 is 17.3 Å². The maximum absolute atomic E-state index is 12.1. The lowest BCUT2D eigenvalue weighted by atomic mass is 10.3. The molecule has 0 aliphatic carbocycles. The second kappa shape index (κ2) is 9.54. The number of pyridine rings is 1. The Labute approximate surface area is 160 Å². The number of alkyl halides is 3. The van der Waals surface area contributed by atoms with Crippen LogP contribution in [-0.4, -0.2) is 47.2 Å². The van der Waals surface area contributed by atoms with Gasteiger partial charge in [0.2, 0.25) is 5.88 Å². The largest absolute Gasteiger partial charge is 0.468 e. The molecule has 0 amide bonds. The van der Waals surface area contributed by atoms with Gasteiger partial charge in [-0.15, -0.1) is 11.3 Å². The Morgan fingerprint density at radius 3 is 2.70 bits per heavy atom. The van der Waals surface area contributed by atoms with Gasteiger partial charge in [0.25, 0.3) is 0 Å². The predicted octanol–water partition coefficient (Wildman–Crippen LogP) is 3.39. The van der Waals surface area contributed by atoms with E-state index in [9.17, 15) is 13.2 Å². The molecule has 0 fully saturated rings. The molecule has 10 heteroatoms. The predicted molar refractivity (Wildman–Crippen MR) is 98.9 cm³/mol. The third-order valence-corrected chi connectivity index (χ3v) is 4.18. The number of nitrogens with zero attached hydrogens (tertiary/aromatic N) is 4. The van der Waals surface area contributed by atoms with E-state index in [0.29, 0.717) is 25.6 Å². The molecule has 2 aromatic heterocycles. The Morgan fingerprint density at radius 2 is 2.15 bits per heavy atom. The van der Waals surface area contributed by atoms with Crippen molar-refractivity contribution < 1.29 is 17.9 Å². The number of aromatic nitrogens is 2. The Hall–Kier alpha value is -2.36. The van der Waals surface area contributed by atoms with E-state index in [2.05, 4.69) is 25.0 Å². The van der Waals surface area contributed by atoms with Crippen LogP contribution in [0.25, 0.3) is 0 Å². The van der Waals surface area contributed by atoms with Gasteiger partial charge >= 0.3 is 6.18 Å². The van der Waals surface area contributed by atoms with Gasteiger partial charge < -0.3 is 15.0 Å². The molecule has 148 valence electrons.